The van der Waals surface area contributed by atoms with Crippen molar-refractivity contribution in [3.63, 3.8) is 0 Å². The minimum absolute atomic E-state index is 0.740. The van der Waals surface area contributed by atoms with E-state index < -0.39 is 0 Å². The number of aryl methyl sites for hydroxylation is 1. The van der Waals surface area contributed by atoms with E-state index in [2.05, 4.69) is 35.0 Å². The molecule has 4 rings (SSSR count). The molecule has 0 spiro atoms. The predicted molar refractivity (Wildman–Crippen MR) is 75.2 cm³/mol. The van der Waals surface area contributed by atoms with E-state index in [0.29, 0.717) is 0 Å². The van der Waals surface area contributed by atoms with Crippen molar-refractivity contribution in [2.45, 2.75) is 32.1 Å². The number of piperidine rings is 1. The Hall–Kier alpha value is -1.28. The second-order valence-corrected chi connectivity index (χ2v) is 5.96. The standard InChI is InChI=1S/C16H20N2/c1-11-4-5-15-14(9-11)13-6-8-18-7-2-3-12(10-18)16(13)17-15/h4-5,9,12,17H,2-3,6-8,10H2,1H3. The third kappa shape index (κ3) is 1.52. The Kier molecular flexibility index (Phi) is 2.28. The fraction of sp³-hybridized carbons (Fsp3) is 0.500. The second kappa shape index (κ2) is 3.86. The Morgan fingerprint density at radius 2 is 2.22 bits per heavy atom. The summed E-state index contributed by atoms with van der Waals surface area (Å²) >= 11 is 0. The fourth-order valence-corrected chi connectivity index (χ4v) is 3.76. The molecule has 2 aliphatic heterocycles. The third-order valence-electron chi connectivity index (χ3n) is 4.69. The summed E-state index contributed by atoms with van der Waals surface area (Å²) < 4.78 is 0. The zero-order valence-corrected chi connectivity index (χ0v) is 11.0. The van der Waals surface area contributed by atoms with Gasteiger partial charge in [-0.15, -0.1) is 0 Å². The summed E-state index contributed by atoms with van der Waals surface area (Å²) in [4.78, 5) is 6.35. The van der Waals surface area contributed by atoms with E-state index in [0.717, 1.165) is 5.92 Å². The molecular formula is C16H20N2. The van der Waals surface area contributed by atoms with Crippen LogP contribution in [0.25, 0.3) is 10.9 Å². The summed E-state index contributed by atoms with van der Waals surface area (Å²) in [5.41, 5.74) is 5.85. The average Bonchev–Trinajstić information content (AvgIpc) is 2.69. The average molecular weight is 240 g/mol. The van der Waals surface area contributed by atoms with Crippen molar-refractivity contribution in [1.82, 2.24) is 9.88 Å². The summed E-state index contributed by atoms with van der Waals surface area (Å²) in [6.07, 6.45) is 3.93. The molecule has 1 fully saturated rings. The number of hydrogen-bond donors (Lipinski definition) is 1. The number of aromatic amines is 1. The number of aromatic nitrogens is 1. The Balaban J connectivity index is 1.92. The Morgan fingerprint density at radius 3 is 3.17 bits per heavy atom. The quantitative estimate of drug-likeness (QED) is 0.749. The molecule has 2 heteroatoms. The Bertz CT molecular complexity index is 596. The molecule has 0 amide bonds. The first-order valence-electron chi connectivity index (χ1n) is 7.15. The number of fused-ring (bicyclic) bond motifs is 6. The molecule has 2 unspecified atom stereocenters. The van der Waals surface area contributed by atoms with Crippen LogP contribution < -0.4 is 0 Å². The van der Waals surface area contributed by atoms with Crippen molar-refractivity contribution >= 4 is 10.9 Å². The van der Waals surface area contributed by atoms with Crippen LogP contribution in [-0.4, -0.2) is 29.5 Å². The normalized spacial score (nSPS) is 26.9. The monoisotopic (exact) mass is 240 g/mol. The number of hydrogen-bond acceptors (Lipinski definition) is 1. The molecule has 3 heterocycles. The van der Waals surface area contributed by atoms with Crippen molar-refractivity contribution in [3.8, 4) is 0 Å². The lowest BCUT2D eigenvalue weighted by Gasteiger charge is -2.29. The molecule has 1 saturated heterocycles. The van der Waals surface area contributed by atoms with E-state index in [1.54, 1.807) is 5.56 Å². The van der Waals surface area contributed by atoms with Gasteiger partial charge in [0.25, 0.3) is 0 Å². The molecule has 1 aromatic carbocycles. The van der Waals surface area contributed by atoms with Crippen LogP contribution in [0.1, 0.15) is 35.6 Å². The first kappa shape index (κ1) is 10.6. The number of nitrogens with one attached hydrogen (secondary N) is 1. The minimum Gasteiger partial charge on any atom is -0.358 e. The maximum atomic E-state index is 3.71. The smallest absolute Gasteiger partial charge is 0.0459 e. The SMILES string of the molecule is Cc1ccc2[nH]c3c(c2c1)CCN1CCCC3C1. The van der Waals surface area contributed by atoms with Gasteiger partial charge in [0.05, 0.1) is 0 Å². The maximum Gasteiger partial charge on any atom is 0.0459 e. The lowest BCUT2D eigenvalue weighted by atomic mass is 9.93. The summed E-state index contributed by atoms with van der Waals surface area (Å²) in [5, 5.41) is 1.47. The van der Waals surface area contributed by atoms with E-state index in [-0.39, 0.29) is 0 Å². The van der Waals surface area contributed by atoms with Gasteiger partial charge in [0, 0.05) is 35.6 Å². The highest BCUT2D eigenvalue weighted by molar-refractivity contribution is 5.85. The molecule has 2 aliphatic rings. The van der Waals surface area contributed by atoms with Gasteiger partial charge in [-0.1, -0.05) is 11.6 Å². The van der Waals surface area contributed by atoms with Crippen LogP contribution in [0.15, 0.2) is 18.2 Å². The van der Waals surface area contributed by atoms with Crippen LogP contribution in [0.4, 0.5) is 0 Å². The highest BCUT2D eigenvalue weighted by Gasteiger charge is 2.28. The molecular weight excluding hydrogens is 220 g/mol. The van der Waals surface area contributed by atoms with Crippen molar-refractivity contribution in [3.05, 3.63) is 35.0 Å². The fourth-order valence-electron chi connectivity index (χ4n) is 3.76. The molecule has 0 radical (unpaired) electrons. The molecule has 94 valence electrons. The van der Waals surface area contributed by atoms with Crippen LogP contribution in [0.2, 0.25) is 0 Å². The topological polar surface area (TPSA) is 19.0 Å². The van der Waals surface area contributed by atoms with Crippen molar-refractivity contribution in [2.24, 2.45) is 0 Å². The highest BCUT2D eigenvalue weighted by Crippen LogP contribution is 2.36. The summed E-state index contributed by atoms with van der Waals surface area (Å²) in [5.74, 6) is 0.740. The van der Waals surface area contributed by atoms with Gasteiger partial charge < -0.3 is 9.88 Å². The number of benzene rings is 1. The van der Waals surface area contributed by atoms with Gasteiger partial charge in [-0.25, -0.2) is 0 Å². The molecule has 2 nitrogen and oxygen atoms in total. The van der Waals surface area contributed by atoms with E-state index in [1.165, 1.54) is 61.1 Å². The van der Waals surface area contributed by atoms with E-state index in [4.69, 9.17) is 0 Å². The molecule has 1 aromatic heterocycles. The number of H-pyrrole nitrogens is 1. The first-order valence-corrected chi connectivity index (χ1v) is 7.15. The Morgan fingerprint density at radius 1 is 1.28 bits per heavy atom. The van der Waals surface area contributed by atoms with Crippen LogP contribution in [0, 0.1) is 6.92 Å². The number of rotatable bonds is 0. The molecule has 2 bridgehead atoms. The predicted octanol–water partition coefficient (Wildman–Crippen LogP) is 3.21. The molecule has 2 atom stereocenters. The zero-order valence-electron chi connectivity index (χ0n) is 11.0. The lowest BCUT2D eigenvalue weighted by Crippen LogP contribution is -2.33. The zero-order chi connectivity index (χ0) is 12.1. The molecule has 0 saturated carbocycles. The van der Waals surface area contributed by atoms with E-state index in [9.17, 15) is 0 Å². The summed E-state index contributed by atoms with van der Waals surface area (Å²) in [6, 6.07) is 6.82. The van der Waals surface area contributed by atoms with Gasteiger partial charge >= 0.3 is 0 Å². The van der Waals surface area contributed by atoms with Crippen LogP contribution in [0.3, 0.4) is 0 Å². The highest BCUT2D eigenvalue weighted by atomic mass is 15.1. The van der Waals surface area contributed by atoms with Gasteiger partial charge in [-0.3, -0.25) is 0 Å². The van der Waals surface area contributed by atoms with Crippen LogP contribution in [-0.2, 0) is 6.42 Å². The molecule has 18 heavy (non-hydrogen) atoms. The van der Waals surface area contributed by atoms with Gasteiger partial charge in [0.2, 0.25) is 0 Å². The van der Waals surface area contributed by atoms with E-state index >= 15 is 0 Å². The maximum absolute atomic E-state index is 3.71. The minimum atomic E-state index is 0.740. The molecule has 0 aliphatic carbocycles. The molecule has 2 aromatic rings. The lowest BCUT2D eigenvalue weighted by molar-refractivity contribution is 0.217. The second-order valence-electron chi connectivity index (χ2n) is 5.96. The van der Waals surface area contributed by atoms with Crippen LogP contribution in [0.5, 0.6) is 0 Å². The van der Waals surface area contributed by atoms with E-state index in [1.807, 2.05) is 0 Å². The van der Waals surface area contributed by atoms with Crippen molar-refractivity contribution in [1.29, 1.82) is 0 Å². The number of nitrogens with zero attached hydrogens (tertiary/aromatic N) is 1. The third-order valence-corrected chi connectivity index (χ3v) is 4.69. The van der Waals surface area contributed by atoms with Gasteiger partial charge in [-0.2, -0.15) is 0 Å². The van der Waals surface area contributed by atoms with Crippen LogP contribution >= 0.6 is 0 Å². The largest absolute Gasteiger partial charge is 0.358 e. The van der Waals surface area contributed by atoms with Crippen molar-refractivity contribution < 1.29 is 0 Å². The Labute approximate surface area is 108 Å². The molecule has 1 N–H and O–H groups in total. The summed E-state index contributed by atoms with van der Waals surface area (Å²) in [6.45, 7) is 6.00. The summed E-state index contributed by atoms with van der Waals surface area (Å²) in [7, 11) is 0. The van der Waals surface area contributed by atoms with Gasteiger partial charge in [-0.05, 0) is 50.4 Å². The van der Waals surface area contributed by atoms with Gasteiger partial charge in [0.15, 0.2) is 0 Å². The van der Waals surface area contributed by atoms with Crippen molar-refractivity contribution in [2.75, 3.05) is 19.6 Å². The first-order chi connectivity index (χ1) is 8.81. The van der Waals surface area contributed by atoms with Gasteiger partial charge in [0.1, 0.15) is 0 Å².